The van der Waals surface area contributed by atoms with Gasteiger partial charge < -0.3 is 24.7 Å². The van der Waals surface area contributed by atoms with Gasteiger partial charge in [-0.2, -0.15) is 0 Å². The third-order valence-corrected chi connectivity index (χ3v) is 16.9. The maximum absolute atomic E-state index is 14.3. The molecule has 5 aliphatic carbocycles. The number of carboxylic acid groups (broad SMARTS) is 1. The molecule has 1 amide bonds. The van der Waals surface area contributed by atoms with Crippen LogP contribution in [0.1, 0.15) is 132 Å². The van der Waals surface area contributed by atoms with Gasteiger partial charge in [0.15, 0.2) is 5.78 Å². The average molecular weight is 789 g/mol. The highest BCUT2D eigenvalue weighted by Gasteiger charge is 2.71. The maximum atomic E-state index is 14.3. The predicted molar refractivity (Wildman–Crippen MR) is 222 cm³/mol. The number of likely N-dealkylation sites (N-methyl/N-ethyl adjacent to an activating group) is 1. The number of aliphatic carboxylic acids is 1. The Balaban J connectivity index is 1.30. The number of aliphatic hydroxyl groups excluding tert-OH is 1. The minimum atomic E-state index is -1.18. The number of ketones is 1. The van der Waals surface area contributed by atoms with Crippen molar-refractivity contribution in [3.05, 3.63) is 47.0 Å². The molecule has 4 saturated carbocycles. The van der Waals surface area contributed by atoms with E-state index < -0.39 is 28.9 Å². The molecule has 316 valence electrons. The van der Waals surface area contributed by atoms with Crippen LogP contribution in [-0.4, -0.2) is 83.0 Å². The van der Waals surface area contributed by atoms with E-state index in [-0.39, 0.29) is 70.8 Å². The Bertz CT molecular complexity index is 1770. The van der Waals surface area contributed by atoms with Gasteiger partial charge in [-0.3, -0.25) is 19.2 Å². The van der Waals surface area contributed by atoms with Crippen molar-refractivity contribution in [2.24, 2.45) is 56.2 Å². The lowest BCUT2D eigenvalue weighted by Crippen LogP contribution is -2.66. The molecule has 9 atom stereocenters. The number of fused-ring (bicyclic) bond motifs is 7. The van der Waals surface area contributed by atoms with Crippen molar-refractivity contribution in [3.63, 3.8) is 0 Å². The van der Waals surface area contributed by atoms with Crippen molar-refractivity contribution in [1.82, 2.24) is 9.80 Å². The van der Waals surface area contributed by atoms with Crippen molar-refractivity contribution in [2.75, 3.05) is 27.2 Å². The molecule has 5 aliphatic rings. The predicted octanol–water partition coefficient (Wildman–Crippen LogP) is 8.33. The average Bonchev–Trinajstić information content (AvgIpc) is 3.42. The summed E-state index contributed by atoms with van der Waals surface area (Å²) in [5, 5.41) is 22.3. The summed E-state index contributed by atoms with van der Waals surface area (Å²) in [6.45, 7) is 20.3. The number of carbonyl (C=O) groups excluding carboxylic acids is 3. The number of hydrogen-bond donors (Lipinski definition) is 2. The third-order valence-electron chi connectivity index (χ3n) is 16.9. The minimum Gasteiger partial charge on any atom is -0.481 e. The highest BCUT2D eigenvalue weighted by molar-refractivity contribution is 6.00. The number of aliphatic hydroxyl groups is 1. The number of esters is 1. The molecule has 2 N–H and O–H groups in total. The number of benzene rings is 1. The quantitative estimate of drug-likeness (QED) is 0.203. The summed E-state index contributed by atoms with van der Waals surface area (Å²) in [4.78, 5) is 56.7. The summed E-state index contributed by atoms with van der Waals surface area (Å²) < 4.78 is 6.18. The molecule has 0 aromatic heterocycles. The van der Waals surface area contributed by atoms with Gasteiger partial charge in [-0.05, 0) is 130 Å². The van der Waals surface area contributed by atoms with Gasteiger partial charge in [0.2, 0.25) is 5.91 Å². The van der Waals surface area contributed by atoms with E-state index in [1.165, 1.54) is 5.57 Å². The molecule has 9 heteroatoms. The van der Waals surface area contributed by atoms with E-state index >= 15 is 0 Å². The largest absolute Gasteiger partial charge is 0.481 e. The topological polar surface area (TPSA) is 124 Å². The number of carboxylic acids is 1. The number of nitrogens with zero attached hydrogens (tertiary/aromatic N) is 2. The van der Waals surface area contributed by atoms with E-state index in [1.54, 1.807) is 18.7 Å². The maximum Gasteiger partial charge on any atom is 0.309 e. The molecule has 0 spiro atoms. The van der Waals surface area contributed by atoms with Gasteiger partial charge in [-0.1, -0.05) is 84.4 Å². The molecule has 4 fully saturated rings. The molecular formula is C48H72N2O7. The number of carbonyl (C=O) groups is 4. The van der Waals surface area contributed by atoms with Crippen LogP contribution in [0.25, 0.3) is 0 Å². The van der Waals surface area contributed by atoms with Crippen LogP contribution in [0.3, 0.4) is 0 Å². The molecule has 0 saturated heterocycles. The molecule has 0 radical (unpaired) electrons. The fourth-order valence-corrected chi connectivity index (χ4v) is 13.7. The van der Waals surface area contributed by atoms with Crippen LogP contribution in [0.5, 0.6) is 0 Å². The van der Waals surface area contributed by atoms with Crippen molar-refractivity contribution >= 4 is 23.6 Å². The van der Waals surface area contributed by atoms with Crippen molar-refractivity contribution in [1.29, 1.82) is 0 Å². The molecule has 0 heterocycles. The second-order valence-electron chi connectivity index (χ2n) is 21.6. The lowest BCUT2D eigenvalue weighted by molar-refractivity contribution is -0.235. The number of allylic oxidation sites excluding steroid dienone is 1. The Morgan fingerprint density at radius 1 is 0.895 bits per heavy atom. The normalized spacial score (nSPS) is 35.2. The molecular weight excluding hydrogens is 717 g/mol. The van der Waals surface area contributed by atoms with Crippen LogP contribution < -0.4 is 0 Å². The molecule has 6 rings (SSSR count). The van der Waals surface area contributed by atoms with E-state index in [0.29, 0.717) is 24.8 Å². The monoisotopic (exact) mass is 789 g/mol. The Morgan fingerprint density at radius 3 is 2.18 bits per heavy atom. The second-order valence-corrected chi connectivity index (χ2v) is 21.6. The number of Topliss-reactive ketones (excluding diaryl/α,β-unsaturated/α-hetero) is 1. The van der Waals surface area contributed by atoms with E-state index in [0.717, 1.165) is 62.5 Å². The standard InChI is InChI=1S/C48H72N2O7/c1-30(2)40-33(51)25-48(36(52)28-50(38(53)29-49(10)11)27-31-15-13-12-14-16-31)24-23-46(8)32(41(40)48)17-18-35-45(7)21-20-37(57-39(54)26-43(3,4)42(55)56)44(5,6)34(45)19-22-47(35,46)9/h12-16,30,32,34-37,52H,17-29H2,1-11H3,(H,55,56)/t32-,34+,35-,36+,37+,45+,46-,47-,48?/m1/s1. The van der Waals surface area contributed by atoms with Gasteiger partial charge in [0, 0.05) is 30.3 Å². The number of rotatable bonds is 12. The number of hydrogen-bond acceptors (Lipinski definition) is 7. The molecule has 9 nitrogen and oxygen atoms in total. The summed E-state index contributed by atoms with van der Waals surface area (Å²) in [7, 11) is 3.78. The van der Waals surface area contributed by atoms with Crippen LogP contribution in [0.15, 0.2) is 41.5 Å². The van der Waals surface area contributed by atoms with E-state index in [9.17, 15) is 29.4 Å². The zero-order chi connectivity index (χ0) is 42.1. The fourth-order valence-electron chi connectivity index (χ4n) is 13.7. The van der Waals surface area contributed by atoms with Gasteiger partial charge in [0.25, 0.3) is 0 Å². The van der Waals surface area contributed by atoms with Gasteiger partial charge in [0.1, 0.15) is 6.10 Å². The Morgan fingerprint density at radius 2 is 1.56 bits per heavy atom. The first-order valence-corrected chi connectivity index (χ1v) is 21.8. The molecule has 0 aliphatic heterocycles. The van der Waals surface area contributed by atoms with Gasteiger partial charge in [0.05, 0.1) is 24.5 Å². The summed E-state index contributed by atoms with van der Waals surface area (Å²) in [5.74, 6) is -0.326. The van der Waals surface area contributed by atoms with Crippen LogP contribution in [0.2, 0.25) is 0 Å². The Kier molecular flexibility index (Phi) is 11.6. The summed E-state index contributed by atoms with van der Waals surface area (Å²) in [6, 6.07) is 9.96. The van der Waals surface area contributed by atoms with Crippen LogP contribution >= 0.6 is 0 Å². The van der Waals surface area contributed by atoms with Crippen LogP contribution in [0, 0.1) is 56.2 Å². The minimum absolute atomic E-state index is 0.00880. The zero-order valence-corrected chi connectivity index (χ0v) is 36.9. The smallest absolute Gasteiger partial charge is 0.309 e. The third kappa shape index (κ3) is 7.23. The van der Waals surface area contributed by atoms with E-state index in [4.69, 9.17) is 4.74 Å². The summed E-state index contributed by atoms with van der Waals surface area (Å²) in [5.41, 5.74) is 0.912. The first kappa shape index (κ1) is 43.5. The summed E-state index contributed by atoms with van der Waals surface area (Å²) >= 11 is 0. The van der Waals surface area contributed by atoms with Gasteiger partial charge in [-0.15, -0.1) is 0 Å². The first-order valence-electron chi connectivity index (χ1n) is 21.8. The van der Waals surface area contributed by atoms with Crippen LogP contribution in [0.4, 0.5) is 0 Å². The van der Waals surface area contributed by atoms with Gasteiger partial charge in [-0.25, -0.2) is 0 Å². The highest BCUT2D eigenvalue weighted by atomic mass is 16.5. The van der Waals surface area contributed by atoms with Crippen molar-refractivity contribution < 1.29 is 34.1 Å². The summed E-state index contributed by atoms with van der Waals surface area (Å²) in [6.07, 6.45) is 6.40. The molecule has 1 aromatic rings. The highest BCUT2D eigenvalue weighted by Crippen LogP contribution is 2.77. The Hall–Kier alpha value is -3.04. The number of amides is 1. The molecule has 1 unspecified atom stereocenters. The SMILES string of the molecule is CC(C)C1=C2[C@H]3CC[C@@H]4[C@@]5(C)CC[C@H](OC(=O)CC(C)(C)C(=O)O)C(C)(C)[C@@H]5CC[C@@]4(C)[C@]3(C)CCC2([C@@H](O)CN(Cc2ccccc2)C(=O)CN(C)C)CC1=O. The van der Waals surface area contributed by atoms with E-state index in [2.05, 4.69) is 48.5 Å². The number of ether oxygens (including phenoxy) is 1. The van der Waals surface area contributed by atoms with Crippen molar-refractivity contribution in [3.8, 4) is 0 Å². The van der Waals surface area contributed by atoms with Gasteiger partial charge >= 0.3 is 11.9 Å². The fraction of sp³-hybridized carbons (Fsp3) is 0.750. The lowest BCUT2D eigenvalue weighted by Gasteiger charge is -2.72. The van der Waals surface area contributed by atoms with Crippen molar-refractivity contribution in [2.45, 2.75) is 145 Å². The molecule has 0 bridgehead atoms. The zero-order valence-electron chi connectivity index (χ0n) is 36.9. The second kappa shape index (κ2) is 15.2. The molecule has 1 aromatic carbocycles. The van der Waals surface area contributed by atoms with E-state index in [1.807, 2.05) is 49.3 Å². The lowest BCUT2D eigenvalue weighted by atomic mass is 9.33. The first-order chi connectivity index (χ1) is 26.4. The van der Waals surface area contributed by atoms with Crippen LogP contribution in [-0.2, 0) is 30.5 Å². The Labute approximate surface area is 342 Å². The molecule has 57 heavy (non-hydrogen) atoms.